The number of amides is 3. The average Bonchev–Trinajstić information content (AvgIpc) is 2.93. The fraction of sp³-hybridized carbons (Fsp3) is 0.550. The molecule has 2 fully saturated rings. The van der Waals surface area contributed by atoms with E-state index in [0.29, 0.717) is 42.7 Å². The largest absolute Gasteiger partial charge is 0.486 e. The van der Waals surface area contributed by atoms with Crippen LogP contribution in [0.25, 0.3) is 0 Å². The number of ether oxygens (including phenoxy) is 2. The van der Waals surface area contributed by atoms with Crippen molar-refractivity contribution in [2.75, 3.05) is 26.3 Å². The Morgan fingerprint density at radius 1 is 1.11 bits per heavy atom. The second kappa shape index (κ2) is 7.99. The summed E-state index contributed by atoms with van der Waals surface area (Å²) in [7, 11) is 0. The van der Waals surface area contributed by atoms with Crippen LogP contribution in [0, 0.1) is 11.8 Å². The molecule has 1 aromatic rings. The first-order chi connectivity index (χ1) is 13.5. The number of nitrogens with one attached hydrogen (secondary N) is 1. The quantitative estimate of drug-likeness (QED) is 0.755. The third-order valence-corrected chi connectivity index (χ3v) is 5.91. The molecule has 4 rings (SSSR count). The van der Waals surface area contributed by atoms with Crippen molar-refractivity contribution >= 4 is 29.3 Å². The third kappa shape index (κ3) is 3.68. The van der Waals surface area contributed by atoms with E-state index < -0.39 is 0 Å². The van der Waals surface area contributed by atoms with Crippen molar-refractivity contribution in [3.63, 3.8) is 0 Å². The summed E-state index contributed by atoms with van der Waals surface area (Å²) in [4.78, 5) is 38.3. The average molecular weight is 407 g/mol. The normalized spacial score (nSPS) is 23.5. The van der Waals surface area contributed by atoms with Crippen molar-refractivity contribution in [3.8, 4) is 11.5 Å². The van der Waals surface area contributed by atoms with Crippen LogP contribution in [-0.4, -0.2) is 48.9 Å². The zero-order valence-corrected chi connectivity index (χ0v) is 16.3. The Bertz CT molecular complexity index is 788. The minimum Gasteiger partial charge on any atom is -0.486 e. The predicted molar refractivity (Wildman–Crippen MR) is 101 cm³/mol. The van der Waals surface area contributed by atoms with Gasteiger partial charge in [0.1, 0.15) is 19.8 Å². The summed E-state index contributed by atoms with van der Waals surface area (Å²) in [5.41, 5.74) is 0.911. The highest BCUT2D eigenvalue weighted by molar-refractivity contribution is 6.32. The number of likely N-dealkylation sites (tertiary alicyclic amines) is 1. The van der Waals surface area contributed by atoms with Crippen molar-refractivity contribution in [1.29, 1.82) is 0 Å². The van der Waals surface area contributed by atoms with Crippen LogP contribution in [0.2, 0.25) is 5.02 Å². The number of carbonyl (C=O) groups excluding carboxylic acids is 3. The van der Waals surface area contributed by atoms with E-state index in [2.05, 4.69) is 5.32 Å². The molecule has 1 N–H and O–H groups in total. The molecule has 1 saturated carbocycles. The highest BCUT2D eigenvalue weighted by atomic mass is 35.5. The van der Waals surface area contributed by atoms with Gasteiger partial charge in [-0.25, -0.2) is 0 Å². The molecule has 0 radical (unpaired) electrons. The highest BCUT2D eigenvalue weighted by Crippen LogP contribution is 2.39. The summed E-state index contributed by atoms with van der Waals surface area (Å²) >= 11 is 6.22. The molecule has 0 aromatic heterocycles. The van der Waals surface area contributed by atoms with E-state index in [-0.39, 0.29) is 36.1 Å². The van der Waals surface area contributed by atoms with E-state index in [9.17, 15) is 14.4 Å². The van der Waals surface area contributed by atoms with Gasteiger partial charge < -0.3 is 14.8 Å². The highest BCUT2D eigenvalue weighted by Gasteiger charge is 2.48. The van der Waals surface area contributed by atoms with E-state index in [1.165, 1.54) is 0 Å². The van der Waals surface area contributed by atoms with Crippen molar-refractivity contribution in [2.45, 2.75) is 32.1 Å². The maximum atomic E-state index is 12.4. The first-order valence-electron chi connectivity index (χ1n) is 9.74. The molecule has 3 amide bonds. The van der Waals surface area contributed by atoms with Crippen molar-refractivity contribution < 1.29 is 23.9 Å². The Kier molecular flexibility index (Phi) is 5.44. The second-order valence-electron chi connectivity index (χ2n) is 7.46. The fourth-order valence-corrected chi connectivity index (χ4v) is 4.53. The second-order valence-corrected chi connectivity index (χ2v) is 7.87. The number of hydrogen-bond donors (Lipinski definition) is 1. The lowest BCUT2D eigenvalue weighted by atomic mass is 9.81. The maximum absolute atomic E-state index is 12.4. The number of rotatable bonds is 5. The Hall–Kier alpha value is -2.28. The molecule has 1 aromatic carbocycles. The van der Waals surface area contributed by atoms with Crippen molar-refractivity contribution in [2.24, 2.45) is 11.8 Å². The summed E-state index contributed by atoms with van der Waals surface area (Å²) in [5, 5.41) is 3.26. The Morgan fingerprint density at radius 2 is 1.79 bits per heavy atom. The monoisotopic (exact) mass is 406 g/mol. The number of imide groups is 1. The first-order valence-corrected chi connectivity index (χ1v) is 10.1. The van der Waals surface area contributed by atoms with Gasteiger partial charge in [0.05, 0.1) is 16.9 Å². The molecule has 28 heavy (non-hydrogen) atoms. The lowest BCUT2D eigenvalue weighted by Crippen LogP contribution is -2.41. The van der Waals surface area contributed by atoms with Gasteiger partial charge in [0.2, 0.25) is 17.7 Å². The Labute approximate surface area is 168 Å². The third-order valence-electron chi connectivity index (χ3n) is 5.63. The van der Waals surface area contributed by atoms with E-state index >= 15 is 0 Å². The molecule has 0 unspecified atom stereocenters. The van der Waals surface area contributed by atoms with Gasteiger partial charge in [0, 0.05) is 6.54 Å². The SMILES string of the molecule is O=C(CN1C(=O)[C@H]2CCCC[C@@H]2C1=O)NCCc1cc(Cl)c2c(c1)OCCO2. The van der Waals surface area contributed by atoms with Gasteiger partial charge in [0.25, 0.3) is 0 Å². The zero-order chi connectivity index (χ0) is 19.7. The number of benzene rings is 1. The van der Waals surface area contributed by atoms with Gasteiger partial charge in [-0.2, -0.15) is 0 Å². The number of hydrogen-bond acceptors (Lipinski definition) is 5. The molecule has 150 valence electrons. The van der Waals surface area contributed by atoms with Crippen LogP contribution in [0.1, 0.15) is 31.2 Å². The number of halogens is 1. The summed E-state index contributed by atoms with van der Waals surface area (Å²) in [5.74, 6) is -0.0112. The molecular formula is C20H23ClN2O5. The molecular weight excluding hydrogens is 384 g/mol. The molecule has 1 aliphatic carbocycles. The molecule has 2 aliphatic heterocycles. The first kappa shape index (κ1) is 19.1. The molecule has 1 saturated heterocycles. The molecule has 2 atom stereocenters. The van der Waals surface area contributed by atoms with E-state index in [1.54, 1.807) is 6.07 Å². The molecule has 3 aliphatic rings. The fourth-order valence-electron chi connectivity index (χ4n) is 4.24. The van der Waals surface area contributed by atoms with Crippen LogP contribution in [-0.2, 0) is 20.8 Å². The maximum Gasteiger partial charge on any atom is 0.240 e. The number of carbonyl (C=O) groups is 3. The lowest BCUT2D eigenvalue weighted by molar-refractivity contribution is -0.143. The Morgan fingerprint density at radius 3 is 2.50 bits per heavy atom. The molecule has 0 bridgehead atoms. The van der Waals surface area contributed by atoms with E-state index in [4.69, 9.17) is 21.1 Å². The number of fused-ring (bicyclic) bond motifs is 2. The van der Waals surface area contributed by atoms with Crippen LogP contribution in [0.5, 0.6) is 11.5 Å². The minimum absolute atomic E-state index is 0.191. The van der Waals surface area contributed by atoms with Crippen LogP contribution >= 0.6 is 11.6 Å². The standard InChI is InChI=1S/C20H23ClN2O5/c21-15-9-12(10-16-18(15)28-8-7-27-16)5-6-22-17(24)11-23-19(25)13-3-1-2-4-14(13)20(23)26/h9-10,13-14H,1-8,11H2,(H,22,24)/t13-,14-/m0/s1. The van der Waals surface area contributed by atoms with Crippen LogP contribution in [0.15, 0.2) is 12.1 Å². The minimum atomic E-state index is -0.330. The van der Waals surface area contributed by atoms with Crippen molar-refractivity contribution in [1.82, 2.24) is 10.2 Å². The zero-order valence-electron chi connectivity index (χ0n) is 15.5. The van der Waals surface area contributed by atoms with Gasteiger partial charge in [-0.3, -0.25) is 19.3 Å². The van der Waals surface area contributed by atoms with Crippen LogP contribution < -0.4 is 14.8 Å². The molecule has 0 spiro atoms. The van der Waals surface area contributed by atoms with Gasteiger partial charge in [-0.15, -0.1) is 0 Å². The summed E-state index contributed by atoms with van der Waals surface area (Å²) < 4.78 is 11.0. The van der Waals surface area contributed by atoms with E-state index in [1.807, 2.05) is 6.07 Å². The predicted octanol–water partition coefficient (Wildman–Crippen LogP) is 1.95. The summed E-state index contributed by atoms with van der Waals surface area (Å²) in [6.07, 6.45) is 3.99. The Balaban J connectivity index is 1.30. The van der Waals surface area contributed by atoms with Gasteiger partial charge in [-0.05, 0) is 37.0 Å². The van der Waals surface area contributed by atoms with Gasteiger partial charge >= 0.3 is 0 Å². The summed E-state index contributed by atoms with van der Waals surface area (Å²) in [6.45, 7) is 1.12. The number of nitrogens with zero attached hydrogens (tertiary/aromatic N) is 1. The van der Waals surface area contributed by atoms with Gasteiger partial charge in [-0.1, -0.05) is 24.4 Å². The topological polar surface area (TPSA) is 84.9 Å². The van der Waals surface area contributed by atoms with Crippen LogP contribution in [0.4, 0.5) is 0 Å². The van der Waals surface area contributed by atoms with E-state index in [0.717, 1.165) is 36.1 Å². The smallest absolute Gasteiger partial charge is 0.240 e. The summed E-state index contributed by atoms with van der Waals surface area (Å²) in [6, 6.07) is 3.64. The molecule has 2 heterocycles. The van der Waals surface area contributed by atoms with Crippen LogP contribution in [0.3, 0.4) is 0 Å². The van der Waals surface area contributed by atoms with Gasteiger partial charge in [0.15, 0.2) is 11.5 Å². The lowest BCUT2D eigenvalue weighted by Gasteiger charge is -2.20. The molecule has 8 heteroatoms. The molecule has 7 nitrogen and oxygen atoms in total. The van der Waals surface area contributed by atoms with Crippen molar-refractivity contribution in [3.05, 3.63) is 22.7 Å².